The second-order valence-corrected chi connectivity index (χ2v) is 4.00. The summed E-state index contributed by atoms with van der Waals surface area (Å²) in [5.41, 5.74) is 1.13. The van der Waals surface area contributed by atoms with Crippen LogP contribution < -0.4 is 5.32 Å². The number of hydrogen-bond donors (Lipinski definition) is 1. The summed E-state index contributed by atoms with van der Waals surface area (Å²) >= 11 is 5.94. The molecule has 2 rings (SSSR count). The Morgan fingerprint density at radius 2 is 1.72 bits per heavy atom. The smallest absolute Gasteiger partial charge is 0.128 e. The van der Waals surface area contributed by atoms with Gasteiger partial charge in [0.2, 0.25) is 0 Å². The van der Waals surface area contributed by atoms with Crippen LogP contribution in [-0.2, 0) is 0 Å². The van der Waals surface area contributed by atoms with Gasteiger partial charge in [-0.1, -0.05) is 11.6 Å². The molecule has 0 aliphatic rings. The van der Waals surface area contributed by atoms with Gasteiger partial charge in [-0.3, -0.25) is 0 Å². The molecule has 0 saturated heterocycles. The average Bonchev–Trinajstić information content (AvgIpc) is 2.30. The van der Waals surface area contributed by atoms with E-state index >= 15 is 0 Å². The average molecular weight is 265 g/mol. The molecule has 0 aliphatic carbocycles. The van der Waals surface area contributed by atoms with Gasteiger partial charge in [-0.15, -0.1) is 0 Å². The Bertz CT molecular complexity index is 615. The first-order chi connectivity index (χ1) is 8.58. The lowest BCUT2D eigenvalue weighted by Gasteiger charge is -2.08. The van der Waals surface area contributed by atoms with Crippen LogP contribution in [0.1, 0.15) is 5.56 Å². The SMILES string of the molecule is N#Cc1ccc(Nc2cc(F)cc(F)c2)c(Cl)c1. The van der Waals surface area contributed by atoms with Gasteiger partial charge in [0.1, 0.15) is 11.6 Å². The zero-order valence-electron chi connectivity index (χ0n) is 9.05. The highest BCUT2D eigenvalue weighted by atomic mass is 35.5. The number of halogens is 3. The number of nitrogens with zero attached hydrogens (tertiary/aromatic N) is 1. The summed E-state index contributed by atoms with van der Waals surface area (Å²) in [6.45, 7) is 0. The molecule has 0 aliphatic heterocycles. The van der Waals surface area contributed by atoms with Crippen LogP contribution in [0, 0.1) is 23.0 Å². The number of nitrogens with one attached hydrogen (secondary N) is 1. The van der Waals surface area contributed by atoms with Crippen molar-refractivity contribution in [3.63, 3.8) is 0 Å². The van der Waals surface area contributed by atoms with Crippen molar-refractivity contribution in [2.75, 3.05) is 5.32 Å². The second kappa shape index (κ2) is 5.03. The summed E-state index contributed by atoms with van der Waals surface area (Å²) in [6.07, 6.45) is 0. The Balaban J connectivity index is 2.31. The number of benzene rings is 2. The fourth-order valence-corrected chi connectivity index (χ4v) is 1.70. The molecule has 2 aromatic rings. The third kappa shape index (κ3) is 2.76. The van der Waals surface area contributed by atoms with Crippen LogP contribution in [0.25, 0.3) is 0 Å². The molecular weight excluding hydrogens is 258 g/mol. The van der Waals surface area contributed by atoms with E-state index < -0.39 is 11.6 Å². The van der Waals surface area contributed by atoms with E-state index in [1.54, 1.807) is 12.1 Å². The molecule has 0 saturated carbocycles. The Kier molecular flexibility index (Phi) is 3.45. The predicted octanol–water partition coefficient (Wildman–Crippen LogP) is 4.23. The van der Waals surface area contributed by atoms with Crippen molar-refractivity contribution in [1.82, 2.24) is 0 Å². The third-order valence-corrected chi connectivity index (χ3v) is 2.55. The number of anilines is 2. The highest BCUT2D eigenvalue weighted by Crippen LogP contribution is 2.27. The van der Waals surface area contributed by atoms with Crippen molar-refractivity contribution in [3.8, 4) is 6.07 Å². The number of nitriles is 1. The Morgan fingerprint density at radius 3 is 2.28 bits per heavy atom. The van der Waals surface area contributed by atoms with E-state index in [0.717, 1.165) is 18.2 Å². The van der Waals surface area contributed by atoms with Crippen molar-refractivity contribution in [3.05, 3.63) is 58.6 Å². The fraction of sp³-hybridized carbons (Fsp3) is 0. The Labute approximate surface area is 107 Å². The molecule has 1 N–H and O–H groups in total. The predicted molar refractivity (Wildman–Crippen MR) is 65.8 cm³/mol. The van der Waals surface area contributed by atoms with Crippen molar-refractivity contribution in [2.24, 2.45) is 0 Å². The van der Waals surface area contributed by atoms with Gasteiger partial charge in [0, 0.05) is 11.8 Å². The van der Waals surface area contributed by atoms with E-state index in [4.69, 9.17) is 16.9 Å². The lowest BCUT2D eigenvalue weighted by molar-refractivity contribution is 0.584. The molecule has 0 spiro atoms. The highest BCUT2D eigenvalue weighted by molar-refractivity contribution is 6.33. The summed E-state index contributed by atoms with van der Waals surface area (Å²) in [4.78, 5) is 0. The summed E-state index contributed by atoms with van der Waals surface area (Å²) < 4.78 is 26.0. The maximum atomic E-state index is 13.0. The van der Waals surface area contributed by atoms with Gasteiger partial charge in [0.05, 0.1) is 22.3 Å². The van der Waals surface area contributed by atoms with Gasteiger partial charge in [-0.05, 0) is 30.3 Å². The van der Waals surface area contributed by atoms with E-state index in [9.17, 15) is 8.78 Å². The van der Waals surface area contributed by atoms with Gasteiger partial charge in [-0.25, -0.2) is 8.78 Å². The van der Waals surface area contributed by atoms with Crippen molar-refractivity contribution in [2.45, 2.75) is 0 Å². The largest absolute Gasteiger partial charge is 0.354 e. The molecule has 0 bridgehead atoms. The molecule has 90 valence electrons. The molecule has 2 aromatic carbocycles. The molecule has 0 heterocycles. The van der Waals surface area contributed by atoms with Crippen LogP contribution in [-0.4, -0.2) is 0 Å². The minimum atomic E-state index is -0.678. The summed E-state index contributed by atoms with van der Waals surface area (Å²) in [6, 6.07) is 9.63. The molecule has 0 fully saturated rings. The zero-order valence-corrected chi connectivity index (χ0v) is 9.80. The first kappa shape index (κ1) is 12.3. The normalized spacial score (nSPS) is 9.89. The van der Waals surface area contributed by atoms with E-state index in [-0.39, 0.29) is 5.69 Å². The summed E-state index contributed by atoms with van der Waals surface area (Å²) in [5.74, 6) is -1.36. The van der Waals surface area contributed by atoms with Crippen molar-refractivity contribution in [1.29, 1.82) is 5.26 Å². The Morgan fingerprint density at radius 1 is 1.06 bits per heavy atom. The molecule has 0 amide bonds. The minimum Gasteiger partial charge on any atom is -0.354 e. The van der Waals surface area contributed by atoms with Crippen LogP contribution >= 0.6 is 11.6 Å². The molecular formula is C13H7ClF2N2. The van der Waals surface area contributed by atoms with Gasteiger partial charge in [-0.2, -0.15) is 5.26 Å². The Hall–Kier alpha value is -2.12. The quantitative estimate of drug-likeness (QED) is 0.881. The molecule has 2 nitrogen and oxygen atoms in total. The molecule has 0 unspecified atom stereocenters. The minimum absolute atomic E-state index is 0.249. The van der Waals surface area contributed by atoms with Crippen LogP contribution in [0.2, 0.25) is 5.02 Å². The van der Waals surface area contributed by atoms with Gasteiger partial charge < -0.3 is 5.32 Å². The topological polar surface area (TPSA) is 35.8 Å². The van der Waals surface area contributed by atoms with E-state index in [1.165, 1.54) is 6.07 Å². The van der Waals surface area contributed by atoms with E-state index in [1.807, 2.05) is 6.07 Å². The fourth-order valence-electron chi connectivity index (χ4n) is 1.47. The maximum Gasteiger partial charge on any atom is 0.128 e. The molecule has 0 aromatic heterocycles. The highest BCUT2D eigenvalue weighted by Gasteiger charge is 2.05. The molecule has 0 atom stereocenters. The number of hydrogen-bond acceptors (Lipinski definition) is 2. The van der Waals surface area contributed by atoms with Gasteiger partial charge >= 0.3 is 0 Å². The monoisotopic (exact) mass is 264 g/mol. The first-order valence-corrected chi connectivity index (χ1v) is 5.39. The van der Waals surface area contributed by atoms with Crippen molar-refractivity contribution < 1.29 is 8.78 Å². The van der Waals surface area contributed by atoms with E-state index in [0.29, 0.717) is 16.3 Å². The van der Waals surface area contributed by atoms with Gasteiger partial charge in [0.25, 0.3) is 0 Å². The standard InChI is InChI=1S/C13H7ClF2N2/c14-12-3-8(7-17)1-2-13(12)18-11-5-9(15)4-10(16)6-11/h1-6,18H. The van der Waals surface area contributed by atoms with Crippen LogP contribution in [0.5, 0.6) is 0 Å². The second-order valence-electron chi connectivity index (χ2n) is 3.59. The van der Waals surface area contributed by atoms with Crippen LogP contribution in [0.3, 0.4) is 0 Å². The lowest BCUT2D eigenvalue weighted by Crippen LogP contribution is -1.93. The van der Waals surface area contributed by atoms with Crippen molar-refractivity contribution >= 4 is 23.0 Å². The van der Waals surface area contributed by atoms with Gasteiger partial charge in [0.15, 0.2) is 0 Å². The molecule has 0 radical (unpaired) electrons. The van der Waals surface area contributed by atoms with Crippen LogP contribution in [0.4, 0.5) is 20.2 Å². The van der Waals surface area contributed by atoms with Crippen LogP contribution in [0.15, 0.2) is 36.4 Å². The molecule has 18 heavy (non-hydrogen) atoms. The summed E-state index contributed by atoms with van der Waals surface area (Å²) in [5, 5.41) is 11.8. The maximum absolute atomic E-state index is 13.0. The lowest BCUT2D eigenvalue weighted by atomic mass is 10.2. The molecule has 5 heteroatoms. The first-order valence-electron chi connectivity index (χ1n) is 5.01. The van der Waals surface area contributed by atoms with E-state index in [2.05, 4.69) is 5.32 Å². The zero-order chi connectivity index (χ0) is 13.1. The number of rotatable bonds is 2. The summed E-state index contributed by atoms with van der Waals surface area (Å²) in [7, 11) is 0. The third-order valence-electron chi connectivity index (χ3n) is 2.24.